The summed E-state index contributed by atoms with van der Waals surface area (Å²) in [7, 11) is 1.29. The predicted molar refractivity (Wildman–Crippen MR) is 100 cm³/mol. The molecule has 0 spiro atoms. The largest absolute Gasteiger partial charge is 0.453 e. The average molecular weight is 363 g/mol. The van der Waals surface area contributed by atoms with Crippen LogP contribution in [-0.2, 0) is 4.74 Å². The van der Waals surface area contributed by atoms with E-state index in [4.69, 9.17) is 4.52 Å². The van der Waals surface area contributed by atoms with E-state index in [9.17, 15) is 4.79 Å². The van der Waals surface area contributed by atoms with Gasteiger partial charge in [-0.25, -0.2) is 4.79 Å². The Morgan fingerprint density at radius 2 is 2.07 bits per heavy atom. The fourth-order valence-corrected chi connectivity index (χ4v) is 2.97. The van der Waals surface area contributed by atoms with Gasteiger partial charge in [-0.1, -0.05) is 17.3 Å². The normalized spacial score (nSPS) is 10.9. The zero-order valence-corrected chi connectivity index (χ0v) is 15.0. The second kappa shape index (κ2) is 6.56. The van der Waals surface area contributed by atoms with E-state index in [1.165, 1.54) is 7.11 Å². The van der Waals surface area contributed by atoms with Gasteiger partial charge in [0, 0.05) is 17.0 Å². The monoisotopic (exact) mass is 363 g/mol. The molecule has 8 heteroatoms. The minimum atomic E-state index is -0.604. The first kappa shape index (κ1) is 16.8. The van der Waals surface area contributed by atoms with Crippen LogP contribution in [0.2, 0.25) is 0 Å². The number of benzene rings is 1. The summed E-state index contributed by atoms with van der Waals surface area (Å²) in [6, 6.07) is 11.5. The lowest BCUT2D eigenvalue weighted by Gasteiger charge is -2.05. The predicted octanol–water partition coefficient (Wildman–Crippen LogP) is 4.08. The molecule has 4 aromatic rings. The Morgan fingerprint density at radius 3 is 2.85 bits per heavy atom. The van der Waals surface area contributed by atoms with Crippen LogP contribution in [0.5, 0.6) is 0 Å². The van der Waals surface area contributed by atoms with Gasteiger partial charge >= 0.3 is 6.09 Å². The molecule has 0 radical (unpaired) electrons. The first-order valence-electron chi connectivity index (χ1n) is 8.30. The summed E-state index contributed by atoms with van der Waals surface area (Å²) in [5.41, 5.74) is 5.79. The van der Waals surface area contributed by atoms with Crippen molar-refractivity contribution in [3.63, 3.8) is 0 Å². The molecule has 0 saturated carbocycles. The Morgan fingerprint density at radius 1 is 1.22 bits per heavy atom. The second-order valence-electron chi connectivity index (χ2n) is 6.10. The van der Waals surface area contributed by atoms with Crippen LogP contribution >= 0.6 is 0 Å². The number of H-pyrrole nitrogens is 1. The third-order valence-corrected chi connectivity index (χ3v) is 4.24. The highest BCUT2D eigenvalue weighted by molar-refractivity contribution is 5.98. The number of aromatic nitrogens is 4. The number of amides is 1. The molecule has 4 rings (SSSR count). The van der Waals surface area contributed by atoms with E-state index < -0.39 is 6.09 Å². The van der Waals surface area contributed by atoms with Gasteiger partial charge in [-0.2, -0.15) is 5.10 Å². The maximum atomic E-state index is 11.4. The van der Waals surface area contributed by atoms with E-state index in [2.05, 4.69) is 30.4 Å². The highest BCUT2D eigenvalue weighted by atomic mass is 16.5. The lowest BCUT2D eigenvalue weighted by atomic mass is 10.0. The molecule has 0 saturated heterocycles. The Bertz CT molecular complexity index is 1150. The van der Waals surface area contributed by atoms with E-state index in [-0.39, 0.29) is 0 Å². The van der Waals surface area contributed by atoms with Crippen molar-refractivity contribution in [1.82, 2.24) is 20.3 Å². The number of fused-ring (bicyclic) bond motifs is 1. The summed E-state index contributed by atoms with van der Waals surface area (Å²) in [6.07, 6.45) is -0.604. The first-order valence-corrected chi connectivity index (χ1v) is 8.30. The van der Waals surface area contributed by atoms with Crippen LogP contribution in [0.3, 0.4) is 0 Å². The summed E-state index contributed by atoms with van der Waals surface area (Å²) in [6.45, 7) is 3.90. The zero-order chi connectivity index (χ0) is 19.0. The Hall–Kier alpha value is -3.68. The van der Waals surface area contributed by atoms with Crippen molar-refractivity contribution in [1.29, 1.82) is 0 Å². The lowest BCUT2D eigenvalue weighted by molar-refractivity contribution is 0.186. The summed E-state index contributed by atoms with van der Waals surface area (Å²) in [5.74, 6) is 0.313. The van der Waals surface area contributed by atoms with Crippen molar-refractivity contribution in [2.75, 3.05) is 12.4 Å². The van der Waals surface area contributed by atoms with Crippen molar-refractivity contribution in [2.45, 2.75) is 13.8 Å². The van der Waals surface area contributed by atoms with Gasteiger partial charge in [-0.3, -0.25) is 15.4 Å². The SMILES string of the molecule is COC(=O)Nc1noc2cc(-c3c(-c4cccc(C)n4)n[nH]c3C)ccc12. The second-order valence-corrected chi connectivity index (χ2v) is 6.10. The summed E-state index contributed by atoms with van der Waals surface area (Å²) in [5, 5.41) is 14.6. The van der Waals surface area contributed by atoms with E-state index >= 15 is 0 Å². The minimum Gasteiger partial charge on any atom is -0.453 e. The van der Waals surface area contributed by atoms with Gasteiger partial charge in [0.05, 0.1) is 18.2 Å². The molecule has 0 aliphatic rings. The quantitative estimate of drug-likeness (QED) is 0.568. The fourth-order valence-electron chi connectivity index (χ4n) is 2.97. The molecule has 1 aromatic carbocycles. The Balaban J connectivity index is 1.79. The van der Waals surface area contributed by atoms with Gasteiger partial charge in [0.15, 0.2) is 11.4 Å². The number of hydrogen-bond donors (Lipinski definition) is 2. The number of carbonyl (C=O) groups is 1. The minimum absolute atomic E-state index is 0.313. The van der Waals surface area contributed by atoms with E-state index in [1.807, 2.05) is 50.2 Å². The number of ether oxygens (including phenoxy) is 1. The van der Waals surface area contributed by atoms with Crippen LogP contribution in [-0.4, -0.2) is 33.5 Å². The highest BCUT2D eigenvalue weighted by Gasteiger charge is 2.18. The van der Waals surface area contributed by atoms with Crippen LogP contribution in [0.1, 0.15) is 11.4 Å². The number of anilines is 1. The number of aryl methyl sites for hydroxylation is 2. The lowest BCUT2D eigenvalue weighted by Crippen LogP contribution is -2.11. The van der Waals surface area contributed by atoms with Crippen molar-refractivity contribution >= 4 is 22.9 Å². The third-order valence-electron chi connectivity index (χ3n) is 4.24. The van der Waals surface area contributed by atoms with Gasteiger partial charge < -0.3 is 9.26 Å². The van der Waals surface area contributed by atoms with Crippen molar-refractivity contribution in [3.8, 4) is 22.5 Å². The van der Waals surface area contributed by atoms with Crippen LogP contribution in [0, 0.1) is 13.8 Å². The topological polar surface area (TPSA) is 106 Å². The summed E-state index contributed by atoms with van der Waals surface area (Å²) >= 11 is 0. The smallest absolute Gasteiger partial charge is 0.412 e. The number of rotatable bonds is 3. The molecule has 0 unspecified atom stereocenters. The van der Waals surface area contributed by atoms with Gasteiger partial charge in [0.2, 0.25) is 0 Å². The summed E-state index contributed by atoms with van der Waals surface area (Å²) in [4.78, 5) is 16.0. The summed E-state index contributed by atoms with van der Waals surface area (Å²) < 4.78 is 9.97. The average Bonchev–Trinajstić information content (AvgIpc) is 3.24. The van der Waals surface area contributed by atoms with E-state index in [1.54, 1.807) is 0 Å². The first-order chi connectivity index (χ1) is 13.1. The van der Waals surface area contributed by atoms with Crippen molar-refractivity contribution in [3.05, 3.63) is 47.8 Å². The molecule has 8 nitrogen and oxygen atoms in total. The number of pyridine rings is 1. The van der Waals surface area contributed by atoms with Gasteiger partial charge in [-0.15, -0.1) is 0 Å². The molecule has 1 amide bonds. The number of nitrogens with zero attached hydrogens (tertiary/aromatic N) is 3. The number of methoxy groups -OCH3 is 1. The molecular weight excluding hydrogens is 346 g/mol. The van der Waals surface area contributed by atoms with Gasteiger partial charge in [-0.05, 0) is 43.7 Å². The molecule has 0 aliphatic carbocycles. The van der Waals surface area contributed by atoms with Crippen LogP contribution in [0.25, 0.3) is 33.5 Å². The van der Waals surface area contributed by atoms with E-state index in [0.717, 1.165) is 33.9 Å². The number of carbonyl (C=O) groups excluding carboxylic acids is 1. The van der Waals surface area contributed by atoms with Crippen LogP contribution in [0.15, 0.2) is 40.9 Å². The van der Waals surface area contributed by atoms with Gasteiger partial charge in [0.1, 0.15) is 5.69 Å². The highest BCUT2D eigenvalue weighted by Crippen LogP contribution is 2.35. The van der Waals surface area contributed by atoms with Crippen LogP contribution in [0.4, 0.5) is 10.6 Å². The molecule has 0 aliphatic heterocycles. The molecule has 136 valence electrons. The molecule has 2 N–H and O–H groups in total. The Kier molecular flexibility index (Phi) is 4.08. The molecular formula is C19H17N5O3. The van der Waals surface area contributed by atoms with Crippen LogP contribution < -0.4 is 5.32 Å². The van der Waals surface area contributed by atoms with Crippen molar-refractivity contribution in [2.24, 2.45) is 0 Å². The molecule has 0 atom stereocenters. The fraction of sp³-hybridized carbons (Fsp3) is 0.158. The third kappa shape index (κ3) is 3.01. The zero-order valence-electron chi connectivity index (χ0n) is 15.0. The maximum absolute atomic E-state index is 11.4. The van der Waals surface area contributed by atoms with Gasteiger partial charge in [0.25, 0.3) is 0 Å². The maximum Gasteiger partial charge on any atom is 0.412 e. The Labute approximate surface area is 154 Å². The number of nitrogens with one attached hydrogen (secondary N) is 2. The molecule has 27 heavy (non-hydrogen) atoms. The van der Waals surface area contributed by atoms with E-state index in [0.29, 0.717) is 16.8 Å². The molecule has 3 heterocycles. The number of aromatic amines is 1. The van der Waals surface area contributed by atoms with Crippen molar-refractivity contribution < 1.29 is 14.1 Å². The molecule has 0 fully saturated rings. The number of hydrogen-bond acceptors (Lipinski definition) is 6. The molecule has 0 bridgehead atoms. The molecule has 3 aromatic heterocycles. The standard InChI is InChI=1S/C19H17N5O3/c1-10-5-4-6-14(20-10)17-16(11(2)22-23-17)12-7-8-13-15(9-12)27-24-18(13)21-19(25)26-3/h4-9H,1-3H3,(H,22,23)(H,21,24,25).